The first-order valence-electron chi connectivity index (χ1n) is 10.2. The maximum absolute atomic E-state index is 13.4. The SMILES string of the molecule is CN(C)[C@@H]1C(O)=C(C(N)=O)C(=O)[C@H]2[C@@H]1C[C@H]1C(C(=O)c3c(O)cccc3C1(C)O)C2(O)O. The molecule has 1 aromatic rings. The van der Waals surface area contributed by atoms with Gasteiger partial charge in [0.05, 0.1) is 29.0 Å². The fraction of sp³-hybridized carbons (Fsp3) is 0.500. The van der Waals surface area contributed by atoms with Crippen LogP contribution in [0.3, 0.4) is 0 Å². The van der Waals surface area contributed by atoms with E-state index >= 15 is 0 Å². The van der Waals surface area contributed by atoms with Gasteiger partial charge in [0.2, 0.25) is 0 Å². The Labute approximate surface area is 183 Å². The second kappa shape index (κ2) is 6.85. The fourth-order valence-corrected chi connectivity index (χ4v) is 6.08. The van der Waals surface area contributed by atoms with Crippen molar-refractivity contribution in [3.8, 4) is 5.75 Å². The van der Waals surface area contributed by atoms with Crippen molar-refractivity contribution in [2.24, 2.45) is 29.4 Å². The molecular weight excluding hydrogens is 420 g/mol. The Balaban J connectivity index is 1.96. The van der Waals surface area contributed by atoms with Gasteiger partial charge in [-0.05, 0) is 45.0 Å². The van der Waals surface area contributed by atoms with Crippen molar-refractivity contribution in [1.82, 2.24) is 4.90 Å². The molecule has 32 heavy (non-hydrogen) atoms. The minimum atomic E-state index is -2.98. The molecule has 0 heterocycles. The summed E-state index contributed by atoms with van der Waals surface area (Å²) in [5.74, 6) is -12.5. The summed E-state index contributed by atoms with van der Waals surface area (Å²) in [6.45, 7) is 1.41. The monoisotopic (exact) mass is 446 g/mol. The fourth-order valence-electron chi connectivity index (χ4n) is 6.08. The number of benzene rings is 1. The van der Waals surface area contributed by atoms with E-state index in [4.69, 9.17) is 5.73 Å². The number of carbonyl (C=O) groups is 3. The third kappa shape index (κ3) is 2.70. The van der Waals surface area contributed by atoms with Gasteiger partial charge in [0.1, 0.15) is 17.1 Å². The number of nitrogens with two attached hydrogens (primary N) is 1. The van der Waals surface area contributed by atoms with Crippen molar-refractivity contribution in [1.29, 1.82) is 0 Å². The molecule has 1 fully saturated rings. The molecule has 0 aromatic heterocycles. The predicted molar refractivity (Wildman–Crippen MR) is 109 cm³/mol. The number of rotatable bonds is 2. The average molecular weight is 446 g/mol. The van der Waals surface area contributed by atoms with Gasteiger partial charge >= 0.3 is 0 Å². The standard InChI is InChI=1S/C22H26N2O8/c1-21(30)9-5-4-6-11(25)12(9)17(26)15-10(21)7-8-14(22(15,31)32)18(27)13(20(23)29)19(28)16(8)24(2)3/h4-6,8,10,14-16,25,28,30-32H,7H2,1-3H3,(H2,23,29)/t8-,10-,14+,15?,16-,21?/m0/s1. The number of primary amides is 1. The highest BCUT2D eigenvalue weighted by atomic mass is 16.5. The Morgan fingerprint density at radius 3 is 2.28 bits per heavy atom. The number of amides is 1. The number of phenols is 1. The lowest BCUT2D eigenvalue weighted by molar-refractivity contribution is -0.278. The molecule has 0 radical (unpaired) electrons. The van der Waals surface area contributed by atoms with Crippen molar-refractivity contribution in [3.05, 3.63) is 40.7 Å². The molecule has 0 bridgehead atoms. The van der Waals surface area contributed by atoms with Gasteiger partial charge in [-0.3, -0.25) is 19.3 Å². The molecule has 7 N–H and O–H groups in total. The quantitative estimate of drug-likeness (QED) is 0.249. The number of hydrogen-bond acceptors (Lipinski definition) is 9. The second-order valence-corrected chi connectivity index (χ2v) is 9.35. The number of aromatic hydroxyl groups is 1. The molecule has 4 rings (SSSR count). The molecule has 0 spiro atoms. The van der Waals surface area contributed by atoms with Gasteiger partial charge < -0.3 is 31.3 Å². The molecule has 1 amide bonds. The molecule has 3 aliphatic rings. The zero-order valence-corrected chi connectivity index (χ0v) is 17.8. The van der Waals surface area contributed by atoms with Crippen LogP contribution in [-0.4, -0.2) is 73.8 Å². The first kappa shape index (κ1) is 22.4. The number of Topliss-reactive ketones (excluding diaryl/α,β-unsaturated/α-hetero) is 2. The van der Waals surface area contributed by atoms with Crippen LogP contribution in [0.5, 0.6) is 5.75 Å². The molecule has 6 atom stereocenters. The van der Waals surface area contributed by atoms with E-state index in [1.165, 1.54) is 30.0 Å². The number of aliphatic hydroxyl groups excluding tert-OH is 1. The summed E-state index contributed by atoms with van der Waals surface area (Å²) in [7, 11) is 3.15. The Kier molecular flexibility index (Phi) is 4.80. The van der Waals surface area contributed by atoms with Crippen LogP contribution in [0.4, 0.5) is 0 Å². The van der Waals surface area contributed by atoms with Gasteiger partial charge in [0.25, 0.3) is 5.91 Å². The van der Waals surface area contributed by atoms with Crippen LogP contribution < -0.4 is 5.73 Å². The van der Waals surface area contributed by atoms with Crippen molar-refractivity contribution >= 4 is 17.5 Å². The Bertz CT molecular complexity index is 1070. The van der Waals surface area contributed by atoms with Gasteiger partial charge in [-0.2, -0.15) is 0 Å². The topological polar surface area (TPSA) is 182 Å². The van der Waals surface area contributed by atoms with Gasteiger partial charge in [0, 0.05) is 5.92 Å². The van der Waals surface area contributed by atoms with Crippen LogP contribution in [0.1, 0.15) is 29.3 Å². The van der Waals surface area contributed by atoms with Crippen molar-refractivity contribution in [3.63, 3.8) is 0 Å². The molecule has 1 aromatic carbocycles. The number of fused-ring (bicyclic) bond motifs is 3. The smallest absolute Gasteiger partial charge is 0.255 e. The summed E-state index contributed by atoms with van der Waals surface area (Å²) in [5, 5.41) is 55.0. The lowest BCUT2D eigenvalue weighted by atomic mass is 9.51. The summed E-state index contributed by atoms with van der Waals surface area (Å²) in [6, 6.07) is 3.20. The van der Waals surface area contributed by atoms with Crippen LogP contribution in [0.15, 0.2) is 29.5 Å². The van der Waals surface area contributed by atoms with Gasteiger partial charge in [-0.1, -0.05) is 12.1 Å². The summed E-state index contributed by atoms with van der Waals surface area (Å²) >= 11 is 0. The number of aliphatic hydroxyl groups is 4. The largest absolute Gasteiger partial charge is 0.510 e. The summed E-state index contributed by atoms with van der Waals surface area (Å²) in [6.07, 6.45) is -0.0449. The molecule has 0 aliphatic heterocycles. The summed E-state index contributed by atoms with van der Waals surface area (Å²) in [5.41, 5.74) is 2.69. The number of hydrogen-bond donors (Lipinski definition) is 6. The van der Waals surface area contributed by atoms with E-state index in [9.17, 15) is 39.9 Å². The number of nitrogens with zero attached hydrogens (tertiary/aromatic N) is 1. The zero-order chi connectivity index (χ0) is 23.9. The zero-order valence-electron chi connectivity index (χ0n) is 17.8. The molecule has 2 unspecified atom stereocenters. The van der Waals surface area contributed by atoms with E-state index < -0.39 is 75.7 Å². The highest BCUT2D eigenvalue weighted by Crippen LogP contribution is 2.58. The highest BCUT2D eigenvalue weighted by molar-refractivity contribution is 6.21. The maximum atomic E-state index is 13.4. The Morgan fingerprint density at radius 1 is 1.09 bits per heavy atom. The lowest BCUT2D eigenvalue weighted by Gasteiger charge is -2.57. The average Bonchev–Trinajstić information content (AvgIpc) is 2.64. The highest BCUT2D eigenvalue weighted by Gasteiger charge is 2.68. The minimum Gasteiger partial charge on any atom is -0.510 e. The van der Waals surface area contributed by atoms with Crippen LogP contribution in [0.2, 0.25) is 0 Å². The van der Waals surface area contributed by atoms with E-state index in [0.717, 1.165) is 0 Å². The van der Waals surface area contributed by atoms with Crippen LogP contribution in [0, 0.1) is 23.7 Å². The molecule has 172 valence electrons. The Morgan fingerprint density at radius 2 is 1.72 bits per heavy atom. The Hall–Kier alpha value is -2.79. The molecule has 10 heteroatoms. The first-order chi connectivity index (χ1) is 14.7. The third-order valence-corrected chi connectivity index (χ3v) is 7.38. The molecule has 0 saturated heterocycles. The number of phenolic OH excluding ortho intramolecular Hbond substituents is 1. The van der Waals surface area contributed by atoms with Gasteiger partial charge in [-0.25, -0.2) is 0 Å². The summed E-state index contributed by atoms with van der Waals surface area (Å²) in [4.78, 5) is 40.0. The predicted octanol–water partition coefficient (Wildman–Crippen LogP) is -0.844. The summed E-state index contributed by atoms with van der Waals surface area (Å²) < 4.78 is 0. The van der Waals surface area contributed by atoms with E-state index in [1.807, 2.05) is 0 Å². The van der Waals surface area contributed by atoms with E-state index in [-0.39, 0.29) is 17.5 Å². The molecular formula is C22H26N2O8. The second-order valence-electron chi connectivity index (χ2n) is 9.35. The van der Waals surface area contributed by atoms with E-state index in [2.05, 4.69) is 0 Å². The number of likely N-dealkylation sites (N-methyl/N-ethyl adjacent to an activating group) is 1. The van der Waals surface area contributed by atoms with Gasteiger partial charge in [-0.15, -0.1) is 0 Å². The van der Waals surface area contributed by atoms with E-state index in [0.29, 0.717) is 0 Å². The lowest BCUT2D eigenvalue weighted by Crippen LogP contribution is -2.68. The van der Waals surface area contributed by atoms with Crippen LogP contribution in [0.25, 0.3) is 0 Å². The molecule has 1 saturated carbocycles. The number of ketones is 2. The van der Waals surface area contributed by atoms with Crippen molar-refractivity contribution in [2.75, 3.05) is 14.1 Å². The van der Waals surface area contributed by atoms with Crippen molar-refractivity contribution in [2.45, 2.75) is 30.8 Å². The van der Waals surface area contributed by atoms with Crippen LogP contribution >= 0.6 is 0 Å². The normalized spacial score (nSPS) is 35.9. The molecule has 3 aliphatic carbocycles. The van der Waals surface area contributed by atoms with Crippen molar-refractivity contribution < 1.29 is 39.9 Å². The first-order valence-corrected chi connectivity index (χ1v) is 10.2. The van der Waals surface area contributed by atoms with Crippen LogP contribution in [-0.2, 0) is 15.2 Å². The molecule has 10 nitrogen and oxygen atoms in total. The minimum absolute atomic E-state index is 0.0449. The van der Waals surface area contributed by atoms with E-state index in [1.54, 1.807) is 14.1 Å². The third-order valence-electron chi connectivity index (χ3n) is 7.38. The maximum Gasteiger partial charge on any atom is 0.255 e. The van der Waals surface area contributed by atoms with Gasteiger partial charge in [0.15, 0.2) is 17.4 Å². The number of carbonyl (C=O) groups excluding carboxylic acids is 3.